The number of hydrogen-bond donors (Lipinski definition) is 1. The molecule has 32 heavy (non-hydrogen) atoms. The second kappa shape index (κ2) is 10.4. The summed E-state index contributed by atoms with van der Waals surface area (Å²) in [7, 11) is 0. The van der Waals surface area contributed by atoms with E-state index < -0.39 is 0 Å². The summed E-state index contributed by atoms with van der Waals surface area (Å²) < 4.78 is 2.96. The van der Waals surface area contributed by atoms with E-state index in [1.54, 1.807) is 10.6 Å². The number of para-hydroxylation sites is 1. The van der Waals surface area contributed by atoms with Gasteiger partial charge in [-0.15, -0.1) is 0 Å². The highest BCUT2D eigenvalue weighted by Crippen LogP contribution is 2.19. The molecule has 0 aliphatic carbocycles. The van der Waals surface area contributed by atoms with Crippen LogP contribution in [0.2, 0.25) is 0 Å². The van der Waals surface area contributed by atoms with Crippen LogP contribution in [-0.4, -0.2) is 21.6 Å². The Morgan fingerprint density at radius 3 is 2.34 bits per heavy atom. The van der Waals surface area contributed by atoms with Gasteiger partial charge in [0, 0.05) is 19.5 Å². The van der Waals surface area contributed by atoms with E-state index in [4.69, 9.17) is 0 Å². The third-order valence-electron chi connectivity index (χ3n) is 5.93. The topological polar surface area (TPSA) is 73.1 Å². The molecule has 170 valence electrons. The van der Waals surface area contributed by atoms with Gasteiger partial charge in [0.05, 0.1) is 17.4 Å². The molecule has 0 aliphatic rings. The zero-order valence-corrected chi connectivity index (χ0v) is 19.5. The number of carbonyl (C=O) groups excluding carboxylic acids is 1. The largest absolute Gasteiger partial charge is 0.356 e. The minimum atomic E-state index is -0.334. The molecule has 0 aliphatic heterocycles. The Bertz CT molecular complexity index is 1210. The Hall–Kier alpha value is -3.15. The summed E-state index contributed by atoms with van der Waals surface area (Å²) in [5.41, 5.74) is 4.52. The monoisotopic (exact) mass is 435 g/mol. The van der Waals surface area contributed by atoms with Crippen LogP contribution >= 0.6 is 0 Å². The standard InChI is InChI=1S/C26H33N3O3/c1-5-6-13-27-24(30)12-9-14-28-25(31)21-10-7-8-11-23(21)29(26(28)32)17-22-19(3)15-18(2)16-20(22)4/h7-8,10-11,15-16H,5-6,9,12-14,17H2,1-4H3,(H,27,30). The van der Waals surface area contributed by atoms with Crippen molar-refractivity contribution in [2.45, 2.75) is 66.5 Å². The maximum atomic E-state index is 13.4. The van der Waals surface area contributed by atoms with Crippen LogP contribution in [0.5, 0.6) is 0 Å². The number of aromatic nitrogens is 2. The number of hydrogen-bond acceptors (Lipinski definition) is 3. The molecule has 1 aromatic heterocycles. The number of nitrogens with one attached hydrogen (secondary N) is 1. The zero-order valence-electron chi connectivity index (χ0n) is 19.5. The molecule has 0 spiro atoms. The number of benzene rings is 2. The highest BCUT2D eigenvalue weighted by atomic mass is 16.2. The summed E-state index contributed by atoms with van der Waals surface area (Å²) in [6.45, 7) is 9.51. The maximum Gasteiger partial charge on any atom is 0.331 e. The summed E-state index contributed by atoms with van der Waals surface area (Å²) >= 11 is 0. The van der Waals surface area contributed by atoms with E-state index in [1.807, 2.05) is 18.2 Å². The molecule has 2 aromatic carbocycles. The van der Waals surface area contributed by atoms with Gasteiger partial charge < -0.3 is 5.32 Å². The van der Waals surface area contributed by atoms with E-state index in [1.165, 1.54) is 10.1 Å². The average molecular weight is 436 g/mol. The summed E-state index contributed by atoms with van der Waals surface area (Å²) in [6.07, 6.45) is 2.69. The van der Waals surface area contributed by atoms with Crippen LogP contribution in [0.4, 0.5) is 0 Å². The van der Waals surface area contributed by atoms with Gasteiger partial charge in [0.2, 0.25) is 5.91 Å². The first kappa shape index (κ1) is 23.5. The van der Waals surface area contributed by atoms with Gasteiger partial charge in [-0.05, 0) is 62.4 Å². The van der Waals surface area contributed by atoms with E-state index in [-0.39, 0.29) is 23.7 Å². The summed E-state index contributed by atoms with van der Waals surface area (Å²) in [6, 6.07) is 11.5. The number of rotatable bonds is 9. The predicted octanol–water partition coefficient (Wildman–Crippen LogP) is 3.83. The molecule has 1 amide bonds. The van der Waals surface area contributed by atoms with Crippen molar-refractivity contribution in [3.63, 3.8) is 0 Å². The molecule has 0 radical (unpaired) electrons. The molecule has 0 saturated carbocycles. The third-order valence-corrected chi connectivity index (χ3v) is 5.93. The second-order valence-electron chi connectivity index (χ2n) is 8.53. The average Bonchev–Trinajstić information content (AvgIpc) is 2.75. The quantitative estimate of drug-likeness (QED) is 0.519. The number of unbranched alkanes of at least 4 members (excludes halogenated alkanes) is 1. The first-order chi connectivity index (χ1) is 15.3. The maximum absolute atomic E-state index is 13.4. The molecule has 3 rings (SSSR count). The van der Waals surface area contributed by atoms with E-state index in [0.717, 1.165) is 29.5 Å². The Morgan fingerprint density at radius 1 is 0.969 bits per heavy atom. The zero-order chi connectivity index (χ0) is 23.3. The van der Waals surface area contributed by atoms with Gasteiger partial charge >= 0.3 is 5.69 Å². The highest BCUT2D eigenvalue weighted by molar-refractivity contribution is 5.78. The molecule has 0 unspecified atom stereocenters. The lowest BCUT2D eigenvalue weighted by atomic mass is 9.99. The molecule has 1 heterocycles. The van der Waals surface area contributed by atoms with Gasteiger partial charge in [-0.1, -0.05) is 43.2 Å². The van der Waals surface area contributed by atoms with Crippen LogP contribution in [0.1, 0.15) is 54.9 Å². The lowest BCUT2D eigenvalue weighted by Gasteiger charge is -2.17. The number of nitrogens with zero attached hydrogens (tertiary/aromatic N) is 2. The fourth-order valence-electron chi connectivity index (χ4n) is 4.23. The van der Waals surface area contributed by atoms with E-state index in [9.17, 15) is 14.4 Å². The van der Waals surface area contributed by atoms with Gasteiger partial charge in [0.1, 0.15) is 0 Å². The van der Waals surface area contributed by atoms with Crippen molar-refractivity contribution >= 4 is 16.8 Å². The van der Waals surface area contributed by atoms with Crippen LogP contribution in [0.25, 0.3) is 10.9 Å². The lowest BCUT2D eigenvalue weighted by molar-refractivity contribution is -0.121. The van der Waals surface area contributed by atoms with Crippen LogP contribution in [0.3, 0.4) is 0 Å². The molecule has 6 nitrogen and oxygen atoms in total. The Kier molecular flexibility index (Phi) is 7.67. The minimum Gasteiger partial charge on any atom is -0.356 e. The van der Waals surface area contributed by atoms with Gasteiger partial charge in [0.15, 0.2) is 0 Å². The first-order valence-electron chi connectivity index (χ1n) is 11.4. The molecular weight excluding hydrogens is 402 g/mol. The number of fused-ring (bicyclic) bond motifs is 1. The first-order valence-corrected chi connectivity index (χ1v) is 11.4. The Balaban J connectivity index is 1.95. The third kappa shape index (κ3) is 5.18. The van der Waals surface area contributed by atoms with Gasteiger partial charge in [-0.2, -0.15) is 0 Å². The van der Waals surface area contributed by atoms with Crippen molar-refractivity contribution in [1.82, 2.24) is 14.5 Å². The Morgan fingerprint density at radius 2 is 1.66 bits per heavy atom. The van der Waals surface area contributed by atoms with E-state index in [2.05, 4.69) is 45.1 Å². The molecule has 1 N–H and O–H groups in total. The summed E-state index contributed by atoms with van der Waals surface area (Å²) in [4.78, 5) is 38.5. The fourth-order valence-corrected chi connectivity index (χ4v) is 4.23. The van der Waals surface area contributed by atoms with Crippen molar-refractivity contribution in [1.29, 1.82) is 0 Å². The molecular formula is C26H33N3O3. The predicted molar refractivity (Wildman–Crippen MR) is 129 cm³/mol. The van der Waals surface area contributed by atoms with Crippen molar-refractivity contribution in [2.75, 3.05) is 6.54 Å². The molecule has 0 saturated heterocycles. The van der Waals surface area contributed by atoms with E-state index >= 15 is 0 Å². The molecule has 0 atom stereocenters. The van der Waals surface area contributed by atoms with Crippen molar-refractivity contribution in [3.05, 3.63) is 79.5 Å². The van der Waals surface area contributed by atoms with Gasteiger partial charge in [0.25, 0.3) is 5.56 Å². The van der Waals surface area contributed by atoms with Gasteiger partial charge in [-0.3, -0.25) is 18.7 Å². The van der Waals surface area contributed by atoms with Crippen molar-refractivity contribution in [2.24, 2.45) is 0 Å². The van der Waals surface area contributed by atoms with Gasteiger partial charge in [-0.25, -0.2) is 4.79 Å². The van der Waals surface area contributed by atoms with Crippen LogP contribution in [0.15, 0.2) is 46.0 Å². The van der Waals surface area contributed by atoms with Crippen LogP contribution in [-0.2, 0) is 17.9 Å². The fraction of sp³-hybridized carbons (Fsp3) is 0.423. The lowest BCUT2D eigenvalue weighted by Crippen LogP contribution is -2.40. The second-order valence-corrected chi connectivity index (χ2v) is 8.53. The number of amides is 1. The molecule has 6 heteroatoms. The van der Waals surface area contributed by atoms with Crippen LogP contribution in [0, 0.1) is 20.8 Å². The summed E-state index contributed by atoms with van der Waals surface area (Å²) in [5.74, 6) is -0.0430. The molecule has 0 fully saturated rings. The van der Waals surface area contributed by atoms with Crippen LogP contribution < -0.4 is 16.6 Å². The smallest absolute Gasteiger partial charge is 0.331 e. The number of carbonyl (C=O) groups is 1. The molecule has 3 aromatic rings. The normalized spacial score (nSPS) is 11.1. The Labute approximate surface area is 188 Å². The number of aryl methyl sites for hydroxylation is 3. The highest BCUT2D eigenvalue weighted by Gasteiger charge is 2.15. The minimum absolute atomic E-state index is 0.0430. The molecule has 0 bridgehead atoms. The van der Waals surface area contributed by atoms with Crippen molar-refractivity contribution < 1.29 is 4.79 Å². The van der Waals surface area contributed by atoms with E-state index in [0.29, 0.717) is 36.8 Å². The summed E-state index contributed by atoms with van der Waals surface area (Å²) in [5, 5.41) is 3.40. The SMILES string of the molecule is CCCCNC(=O)CCCn1c(=O)c2ccccc2n(Cc2c(C)cc(C)cc2C)c1=O. The van der Waals surface area contributed by atoms with Crippen molar-refractivity contribution in [3.8, 4) is 0 Å².